The third-order valence-corrected chi connectivity index (χ3v) is 3.39. The summed E-state index contributed by atoms with van der Waals surface area (Å²) in [7, 11) is 3.43. The predicted molar refractivity (Wildman–Crippen MR) is 64.8 cm³/mol. The summed E-state index contributed by atoms with van der Waals surface area (Å²) in [4.78, 5) is 1.28. The van der Waals surface area contributed by atoms with E-state index in [0.29, 0.717) is 5.92 Å². The first-order valence-corrected chi connectivity index (χ1v) is 6.00. The number of hydrogen-bond donors (Lipinski definition) is 0. The van der Waals surface area contributed by atoms with Gasteiger partial charge in [0.1, 0.15) is 5.75 Å². The molecule has 1 unspecified atom stereocenters. The monoisotopic (exact) mass is 226 g/mol. The van der Waals surface area contributed by atoms with E-state index in [4.69, 9.17) is 9.47 Å². The minimum Gasteiger partial charge on any atom is -0.497 e. The van der Waals surface area contributed by atoms with Crippen molar-refractivity contribution >= 4 is 11.8 Å². The third-order valence-electron chi connectivity index (χ3n) is 2.05. The zero-order valence-electron chi connectivity index (χ0n) is 9.53. The maximum atomic E-state index is 5.10. The van der Waals surface area contributed by atoms with Crippen LogP contribution in [-0.4, -0.2) is 26.6 Å². The molecule has 0 aliphatic carbocycles. The normalized spacial score (nSPS) is 12.5. The molecule has 2 nitrogen and oxygen atoms in total. The molecule has 0 saturated heterocycles. The van der Waals surface area contributed by atoms with Crippen LogP contribution in [-0.2, 0) is 4.74 Å². The van der Waals surface area contributed by atoms with E-state index in [1.165, 1.54) is 4.90 Å². The van der Waals surface area contributed by atoms with Crippen molar-refractivity contribution in [2.45, 2.75) is 11.8 Å². The summed E-state index contributed by atoms with van der Waals surface area (Å²) >= 11 is 1.85. The molecule has 0 fully saturated rings. The maximum absolute atomic E-state index is 5.10. The molecule has 1 atom stereocenters. The van der Waals surface area contributed by atoms with Crippen LogP contribution in [0.15, 0.2) is 29.2 Å². The molecule has 0 aliphatic rings. The highest BCUT2D eigenvalue weighted by Gasteiger charge is 2.02. The lowest BCUT2D eigenvalue weighted by Crippen LogP contribution is -2.05. The van der Waals surface area contributed by atoms with E-state index in [2.05, 4.69) is 19.1 Å². The summed E-state index contributed by atoms with van der Waals surface area (Å²) in [5.41, 5.74) is 0. The summed E-state index contributed by atoms with van der Waals surface area (Å²) in [6.07, 6.45) is 0. The van der Waals surface area contributed by atoms with Gasteiger partial charge in [0.2, 0.25) is 0 Å². The molecule has 84 valence electrons. The summed E-state index contributed by atoms with van der Waals surface area (Å²) in [6, 6.07) is 8.15. The van der Waals surface area contributed by atoms with Gasteiger partial charge in [-0.15, -0.1) is 11.8 Å². The first-order valence-electron chi connectivity index (χ1n) is 5.02. The molecular formula is C12H18O2S. The molecule has 1 aromatic carbocycles. The van der Waals surface area contributed by atoms with Crippen molar-refractivity contribution in [3.05, 3.63) is 24.3 Å². The highest BCUT2D eigenvalue weighted by Crippen LogP contribution is 2.23. The second kappa shape index (κ2) is 6.75. The quantitative estimate of drug-likeness (QED) is 0.695. The van der Waals surface area contributed by atoms with Crippen molar-refractivity contribution in [2.75, 3.05) is 26.6 Å². The average Bonchev–Trinajstić information content (AvgIpc) is 2.27. The van der Waals surface area contributed by atoms with Crippen LogP contribution in [0.1, 0.15) is 6.92 Å². The van der Waals surface area contributed by atoms with Gasteiger partial charge in [-0.05, 0) is 30.2 Å². The van der Waals surface area contributed by atoms with Gasteiger partial charge in [-0.25, -0.2) is 0 Å². The van der Waals surface area contributed by atoms with Gasteiger partial charge in [-0.3, -0.25) is 0 Å². The Bertz CT molecular complexity index is 271. The second-order valence-corrected chi connectivity index (χ2v) is 4.64. The lowest BCUT2D eigenvalue weighted by atomic mass is 10.2. The molecule has 0 aliphatic heterocycles. The average molecular weight is 226 g/mol. The number of methoxy groups -OCH3 is 2. The van der Waals surface area contributed by atoms with Crippen LogP contribution in [0.5, 0.6) is 5.75 Å². The minimum absolute atomic E-state index is 0.585. The standard InChI is InChI=1S/C12H18O2S/c1-10(8-13-2)9-15-12-6-4-11(14-3)5-7-12/h4-7,10H,8-9H2,1-3H3. The largest absolute Gasteiger partial charge is 0.497 e. The highest BCUT2D eigenvalue weighted by molar-refractivity contribution is 7.99. The molecule has 0 heterocycles. The van der Waals surface area contributed by atoms with E-state index in [-0.39, 0.29) is 0 Å². The zero-order valence-corrected chi connectivity index (χ0v) is 10.3. The molecule has 0 aromatic heterocycles. The molecule has 0 saturated carbocycles. The molecule has 0 radical (unpaired) electrons. The molecular weight excluding hydrogens is 208 g/mol. The second-order valence-electron chi connectivity index (χ2n) is 3.55. The molecule has 0 amide bonds. The van der Waals surface area contributed by atoms with E-state index >= 15 is 0 Å². The number of rotatable bonds is 6. The first kappa shape index (κ1) is 12.4. The van der Waals surface area contributed by atoms with Gasteiger partial charge < -0.3 is 9.47 Å². The summed E-state index contributed by atoms with van der Waals surface area (Å²) in [5.74, 6) is 2.58. The zero-order chi connectivity index (χ0) is 11.1. The fourth-order valence-electron chi connectivity index (χ4n) is 1.24. The van der Waals surface area contributed by atoms with Crippen LogP contribution >= 0.6 is 11.8 Å². The van der Waals surface area contributed by atoms with E-state index < -0.39 is 0 Å². The summed E-state index contributed by atoms with van der Waals surface area (Å²) in [6.45, 7) is 3.02. The van der Waals surface area contributed by atoms with Crippen LogP contribution in [0.3, 0.4) is 0 Å². The molecule has 0 spiro atoms. The Hall–Kier alpha value is -0.670. The van der Waals surface area contributed by atoms with E-state index in [0.717, 1.165) is 18.1 Å². The lowest BCUT2D eigenvalue weighted by Gasteiger charge is -2.09. The maximum Gasteiger partial charge on any atom is 0.118 e. The predicted octanol–water partition coefficient (Wildman–Crippen LogP) is 3.07. The Kier molecular flexibility index (Phi) is 5.58. The van der Waals surface area contributed by atoms with Crippen LogP contribution in [0.25, 0.3) is 0 Å². The van der Waals surface area contributed by atoms with Gasteiger partial charge in [-0.2, -0.15) is 0 Å². The van der Waals surface area contributed by atoms with Crippen molar-refractivity contribution in [1.82, 2.24) is 0 Å². The molecule has 1 aromatic rings. The minimum atomic E-state index is 0.585. The number of benzene rings is 1. The topological polar surface area (TPSA) is 18.5 Å². The van der Waals surface area contributed by atoms with Crippen molar-refractivity contribution in [3.8, 4) is 5.75 Å². The van der Waals surface area contributed by atoms with Gasteiger partial charge in [0.05, 0.1) is 7.11 Å². The fourth-order valence-corrected chi connectivity index (χ4v) is 2.14. The van der Waals surface area contributed by atoms with Gasteiger partial charge in [0, 0.05) is 24.4 Å². The van der Waals surface area contributed by atoms with Crippen molar-refractivity contribution in [2.24, 2.45) is 5.92 Å². The molecule has 3 heteroatoms. The molecule has 0 N–H and O–H groups in total. The van der Waals surface area contributed by atoms with E-state index in [1.54, 1.807) is 14.2 Å². The van der Waals surface area contributed by atoms with Gasteiger partial charge in [-0.1, -0.05) is 6.92 Å². The van der Waals surface area contributed by atoms with Crippen molar-refractivity contribution in [3.63, 3.8) is 0 Å². The molecule has 0 bridgehead atoms. The number of hydrogen-bond acceptors (Lipinski definition) is 3. The number of ether oxygens (including phenoxy) is 2. The van der Waals surface area contributed by atoms with E-state index in [1.807, 2.05) is 23.9 Å². The van der Waals surface area contributed by atoms with Gasteiger partial charge in [0.15, 0.2) is 0 Å². The van der Waals surface area contributed by atoms with Crippen LogP contribution in [0.4, 0.5) is 0 Å². The lowest BCUT2D eigenvalue weighted by molar-refractivity contribution is 0.168. The Labute approximate surface area is 96.0 Å². The highest BCUT2D eigenvalue weighted by atomic mass is 32.2. The molecule has 1 rings (SSSR count). The summed E-state index contributed by atoms with van der Waals surface area (Å²) in [5, 5.41) is 0. The van der Waals surface area contributed by atoms with Crippen molar-refractivity contribution in [1.29, 1.82) is 0 Å². The van der Waals surface area contributed by atoms with E-state index in [9.17, 15) is 0 Å². The first-order chi connectivity index (χ1) is 7.26. The van der Waals surface area contributed by atoms with Gasteiger partial charge >= 0.3 is 0 Å². The number of thioether (sulfide) groups is 1. The Balaban J connectivity index is 2.37. The van der Waals surface area contributed by atoms with Crippen LogP contribution in [0, 0.1) is 5.92 Å². The van der Waals surface area contributed by atoms with Crippen molar-refractivity contribution < 1.29 is 9.47 Å². The van der Waals surface area contributed by atoms with Gasteiger partial charge in [0.25, 0.3) is 0 Å². The third kappa shape index (κ3) is 4.58. The Morgan fingerprint density at radius 3 is 2.40 bits per heavy atom. The summed E-state index contributed by atoms with van der Waals surface area (Å²) < 4.78 is 10.2. The fraction of sp³-hybridized carbons (Fsp3) is 0.500. The smallest absolute Gasteiger partial charge is 0.118 e. The molecule has 15 heavy (non-hydrogen) atoms. The van der Waals surface area contributed by atoms with Crippen LogP contribution in [0.2, 0.25) is 0 Å². The van der Waals surface area contributed by atoms with Crippen LogP contribution < -0.4 is 4.74 Å². The SMILES string of the molecule is COCC(C)CSc1ccc(OC)cc1. The Morgan fingerprint density at radius 2 is 1.87 bits per heavy atom. The Morgan fingerprint density at radius 1 is 1.20 bits per heavy atom.